The van der Waals surface area contributed by atoms with E-state index < -0.39 is 35.7 Å². The molecule has 0 radical (unpaired) electrons. The third-order valence-corrected chi connectivity index (χ3v) is 6.38. The lowest BCUT2D eigenvalue weighted by atomic mass is 9.87. The molecule has 3 atom stereocenters. The molecule has 0 saturated heterocycles. The van der Waals surface area contributed by atoms with Crippen molar-refractivity contribution in [3.63, 3.8) is 0 Å². The molecule has 0 fully saturated rings. The van der Waals surface area contributed by atoms with Crippen LogP contribution in [0.2, 0.25) is 0 Å². The Labute approximate surface area is 220 Å². The fourth-order valence-electron chi connectivity index (χ4n) is 4.28. The molecule has 0 spiro atoms. The van der Waals surface area contributed by atoms with Crippen molar-refractivity contribution in [2.24, 2.45) is 5.92 Å². The summed E-state index contributed by atoms with van der Waals surface area (Å²) in [5.74, 6) is -2.14. The van der Waals surface area contributed by atoms with Gasteiger partial charge in [-0.1, -0.05) is 54.6 Å². The van der Waals surface area contributed by atoms with Gasteiger partial charge < -0.3 is 20.3 Å². The molecule has 3 unspecified atom stereocenters. The lowest BCUT2D eigenvalue weighted by molar-refractivity contribution is -0.142. The van der Waals surface area contributed by atoms with Crippen LogP contribution in [-0.2, 0) is 11.4 Å². The van der Waals surface area contributed by atoms with E-state index in [4.69, 9.17) is 4.74 Å². The van der Waals surface area contributed by atoms with Crippen LogP contribution in [0.25, 0.3) is 0 Å². The minimum Gasteiger partial charge on any atom is -0.489 e. The topological polar surface area (TPSA) is 78.8 Å². The van der Waals surface area contributed by atoms with Crippen LogP contribution in [0.4, 0.5) is 14.5 Å². The summed E-state index contributed by atoms with van der Waals surface area (Å²) < 4.78 is 32.6. The molecule has 3 N–H and O–H groups in total. The highest BCUT2D eigenvalue weighted by Crippen LogP contribution is 2.33. The monoisotopic (exact) mass is 517 g/mol. The number of nitrogens with one attached hydrogen (secondary N) is 1. The minimum absolute atomic E-state index is 0.138. The Morgan fingerprint density at radius 1 is 0.763 bits per heavy atom. The molecule has 196 valence electrons. The van der Waals surface area contributed by atoms with Crippen LogP contribution in [0, 0.1) is 17.6 Å². The number of carbonyl (C=O) groups is 1. The number of hydrogen-bond acceptors (Lipinski definition) is 4. The van der Waals surface area contributed by atoms with E-state index in [1.54, 1.807) is 36.4 Å². The van der Waals surface area contributed by atoms with Crippen molar-refractivity contribution in [3.05, 3.63) is 131 Å². The summed E-state index contributed by atoms with van der Waals surface area (Å²) in [6.45, 7) is 0.399. The second-order valence-corrected chi connectivity index (χ2v) is 9.06. The number of aliphatic hydroxyl groups excluding tert-OH is 1. The standard InChI is InChI=1S/C31H29F2NO4/c32-24-10-6-22(7-11-24)29(35)19-18-28(31(36)37)30(34-26-14-12-25(33)13-15-26)23-8-16-27(17-9-23)38-20-21-4-2-1-3-5-21/h1-17,28-30,34-35H,18-20H2,(H,36,37). The predicted molar refractivity (Wildman–Crippen MR) is 142 cm³/mol. The molecule has 0 aliphatic rings. The van der Waals surface area contributed by atoms with E-state index >= 15 is 0 Å². The first-order chi connectivity index (χ1) is 18.4. The number of hydrogen-bond donors (Lipinski definition) is 3. The molecule has 7 heteroatoms. The molecule has 4 rings (SSSR count). The van der Waals surface area contributed by atoms with Crippen LogP contribution >= 0.6 is 0 Å². The van der Waals surface area contributed by atoms with Gasteiger partial charge in [-0.3, -0.25) is 4.79 Å². The van der Waals surface area contributed by atoms with Gasteiger partial charge in [-0.2, -0.15) is 0 Å². The minimum atomic E-state index is -1.04. The molecule has 4 aromatic rings. The van der Waals surface area contributed by atoms with E-state index in [2.05, 4.69) is 5.32 Å². The van der Waals surface area contributed by atoms with Crippen molar-refractivity contribution in [1.29, 1.82) is 0 Å². The summed E-state index contributed by atoms with van der Waals surface area (Å²) in [5.41, 5.74) is 2.80. The third kappa shape index (κ3) is 7.40. The fourth-order valence-corrected chi connectivity index (χ4v) is 4.28. The molecule has 0 aliphatic heterocycles. The van der Waals surface area contributed by atoms with Gasteiger partial charge >= 0.3 is 5.97 Å². The number of anilines is 1. The zero-order chi connectivity index (χ0) is 26.9. The summed E-state index contributed by atoms with van der Waals surface area (Å²) in [7, 11) is 0. The average Bonchev–Trinajstić information content (AvgIpc) is 2.93. The number of ether oxygens (including phenoxy) is 1. The van der Waals surface area contributed by atoms with Crippen LogP contribution in [0.1, 0.15) is 41.7 Å². The molecule has 0 saturated carbocycles. The number of halogens is 2. The Kier molecular flexibility index (Phi) is 9.06. The lowest BCUT2D eigenvalue weighted by Crippen LogP contribution is -2.28. The predicted octanol–water partition coefficient (Wildman–Crippen LogP) is 6.91. The first-order valence-corrected chi connectivity index (χ1v) is 12.3. The van der Waals surface area contributed by atoms with Crippen molar-refractivity contribution in [2.75, 3.05) is 5.32 Å². The van der Waals surface area contributed by atoms with Crippen LogP contribution < -0.4 is 10.1 Å². The Morgan fingerprint density at radius 2 is 1.34 bits per heavy atom. The lowest BCUT2D eigenvalue weighted by Gasteiger charge is -2.27. The quantitative estimate of drug-likeness (QED) is 0.190. The van der Waals surface area contributed by atoms with E-state index in [1.807, 2.05) is 30.3 Å². The number of aliphatic carboxylic acids is 1. The first-order valence-electron chi connectivity index (χ1n) is 12.3. The van der Waals surface area contributed by atoms with Gasteiger partial charge in [0.2, 0.25) is 0 Å². The van der Waals surface area contributed by atoms with Crippen LogP contribution in [0.15, 0.2) is 103 Å². The van der Waals surface area contributed by atoms with Gasteiger partial charge in [0.05, 0.1) is 18.1 Å². The highest BCUT2D eigenvalue weighted by molar-refractivity contribution is 5.72. The molecule has 0 bridgehead atoms. The summed E-state index contributed by atoms with van der Waals surface area (Å²) in [6.07, 6.45) is -0.653. The average molecular weight is 518 g/mol. The number of carboxylic acids is 1. The third-order valence-electron chi connectivity index (χ3n) is 6.38. The molecule has 4 aromatic carbocycles. The summed E-state index contributed by atoms with van der Waals surface area (Å²) in [5, 5.41) is 24.0. The van der Waals surface area contributed by atoms with Crippen molar-refractivity contribution in [2.45, 2.75) is 31.6 Å². The zero-order valence-electron chi connectivity index (χ0n) is 20.6. The number of benzene rings is 4. The Morgan fingerprint density at radius 3 is 1.95 bits per heavy atom. The van der Waals surface area contributed by atoms with Gasteiger partial charge in [0, 0.05) is 5.69 Å². The molecular formula is C31H29F2NO4. The van der Waals surface area contributed by atoms with Gasteiger partial charge in [-0.25, -0.2) is 8.78 Å². The second kappa shape index (κ2) is 12.8. The highest BCUT2D eigenvalue weighted by Gasteiger charge is 2.30. The smallest absolute Gasteiger partial charge is 0.308 e. The number of carboxylic acid groups (broad SMARTS) is 1. The van der Waals surface area contributed by atoms with Gasteiger partial charge in [0.25, 0.3) is 0 Å². The molecule has 0 aromatic heterocycles. The van der Waals surface area contributed by atoms with Gasteiger partial charge in [0.1, 0.15) is 24.0 Å². The summed E-state index contributed by atoms with van der Waals surface area (Å²) in [6, 6.07) is 27.4. The molecular weight excluding hydrogens is 488 g/mol. The van der Waals surface area contributed by atoms with Crippen molar-refractivity contribution < 1.29 is 28.5 Å². The highest BCUT2D eigenvalue weighted by atomic mass is 19.1. The number of aliphatic hydroxyl groups is 1. The molecule has 5 nitrogen and oxygen atoms in total. The summed E-state index contributed by atoms with van der Waals surface area (Å²) in [4.78, 5) is 12.4. The Balaban J connectivity index is 1.53. The van der Waals surface area contributed by atoms with Gasteiger partial charge in [-0.15, -0.1) is 0 Å². The molecule has 0 aliphatic carbocycles. The first kappa shape index (κ1) is 26.8. The van der Waals surface area contributed by atoms with Crippen molar-refractivity contribution >= 4 is 11.7 Å². The molecule has 38 heavy (non-hydrogen) atoms. The number of rotatable bonds is 12. The van der Waals surface area contributed by atoms with E-state index in [1.165, 1.54) is 36.4 Å². The van der Waals surface area contributed by atoms with E-state index in [9.17, 15) is 23.8 Å². The molecule has 0 amide bonds. The van der Waals surface area contributed by atoms with Gasteiger partial charge in [-0.05, 0) is 78.1 Å². The largest absolute Gasteiger partial charge is 0.489 e. The van der Waals surface area contributed by atoms with E-state index in [0.717, 1.165) is 5.56 Å². The maximum Gasteiger partial charge on any atom is 0.308 e. The second-order valence-electron chi connectivity index (χ2n) is 9.06. The van der Waals surface area contributed by atoms with Crippen LogP contribution in [-0.4, -0.2) is 16.2 Å². The van der Waals surface area contributed by atoms with Crippen LogP contribution in [0.5, 0.6) is 5.75 Å². The normalized spacial score (nSPS) is 13.3. The van der Waals surface area contributed by atoms with Crippen molar-refractivity contribution in [1.82, 2.24) is 0 Å². The van der Waals surface area contributed by atoms with Crippen LogP contribution in [0.3, 0.4) is 0 Å². The summed E-state index contributed by atoms with van der Waals surface area (Å²) >= 11 is 0. The van der Waals surface area contributed by atoms with E-state index in [0.29, 0.717) is 29.2 Å². The molecule has 0 heterocycles. The SMILES string of the molecule is O=C(O)C(CCC(O)c1ccc(F)cc1)C(Nc1ccc(F)cc1)c1ccc(OCc2ccccc2)cc1. The van der Waals surface area contributed by atoms with E-state index in [-0.39, 0.29) is 12.8 Å². The van der Waals surface area contributed by atoms with Gasteiger partial charge in [0.15, 0.2) is 0 Å². The maximum absolute atomic E-state index is 13.5. The zero-order valence-corrected chi connectivity index (χ0v) is 20.6. The Hall–Kier alpha value is -4.23. The fraction of sp³-hybridized carbons (Fsp3) is 0.194. The Bertz CT molecular complexity index is 1300. The van der Waals surface area contributed by atoms with Crippen molar-refractivity contribution in [3.8, 4) is 5.75 Å². The maximum atomic E-state index is 13.5.